The van der Waals surface area contributed by atoms with E-state index in [-0.39, 0.29) is 11.5 Å². The largest absolute Gasteiger partial charge is 0.472 e. The predicted octanol–water partition coefficient (Wildman–Crippen LogP) is 10.0. The number of hydrogen-bond acceptors (Lipinski definition) is 8. The van der Waals surface area contributed by atoms with Crippen LogP contribution in [-0.2, 0) is 28.2 Å². The van der Waals surface area contributed by atoms with Gasteiger partial charge in [0.1, 0.15) is 6.10 Å². The fraction of sp³-hybridized carbons (Fsp3) is 0.947. The second-order valence-corrected chi connectivity index (χ2v) is 17.5. The zero-order valence-electron chi connectivity index (χ0n) is 31.6. The highest BCUT2D eigenvalue weighted by Crippen LogP contribution is 2.43. The lowest BCUT2D eigenvalue weighted by Crippen LogP contribution is -2.30. The summed E-state index contributed by atoms with van der Waals surface area (Å²) in [6, 6.07) is 0. The van der Waals surface area contributed by atoms with Crippen molar-refractivity contribution < 1.29 is 41.9 Å². The lowest BCUT2D eigenvalue weighted by atomic mass is 10.0. The van der Waals surface area contributed by atoms with Crippen LogP contribution in [0.2, 0.25) is 0 Å². The van der Waals surface area contributed by atoms with Crippen LogP contribution < -0.4 is 0 Å². The molecule has 0 saturated carbocycles. The molecule has 9 nitrogen and oxygen atoms in total. The number of phosphoric ester groups is 1. The SMILES string of the molecule is CCCCCC/C=C/CCCCCCCCOC(COP(=O)(O)OCC(O)CO)CS(=O)(=O)CCCCCCCCCCCCCCCC. The molecule has 294 valence electrons. The molecule has 0 aromatic rings. The van der Waals surface area contributed by atoms with Gasteiger partial charge in [-0.2, -0.15) is 0 Å². The van der Waals surface area contributed by atoms with Crippen molar-refractivity contribution in [2.24, 2.45) is 0 Å². The molecule has 0 fully saturated rings. The first-order valence-corrected chi connectivity index (χ1v) is 23.3. The Morgan fingerprint density at radius 3 is 1.51 bits per heavy atom. The maximum atomic E-state index is 12.9. The van der Waals surface area contributed by atoms with E-state index in [1.54, 1.807) is 0 Å². The van der Waals surface area contributed by atoms with Crippen molar-refractivity contribution in [3.63, 3.8) is 0 Å². The summed E-state index contributed by atoms with van der Waals surface area (Å²) in [7, 11) is -8.02. The summed E-state index contributed by atoms with van der Waals surface area (Å²) in [6.45, 7) is 3.18. The van der Waals surface area contributed by atoms with Crippen molar-refractivity contribution in [2.75, 3.05) is 37.9 Å². The Bertz CT molecular complexity index is 884. The number of hydrogen-bond donors (Lipinski definition) is 3. The molecule has 0 aliphatic heterocycles. The maximum absolute atomic E-state index is 12.9. The molecule has 3 N–H and O–H groups in total. The van der Waals surface area contributed by atoms with Gasteiger partial charge in [0.25, 0.3) is 0 Å². The smallest absolute Gasteiger partial charge is 0.394 e. The normalized spacial score (nSPS) is 14.8. The Labute approximate surface area is 301 Å². The summed E-state index contributed by atoms with van der Waals surface area (Å²) in [5, 5.41) is 18.3. The number of unbranched alkanes of at least 4 members (excludes halogenated alkanes) is 23. The number of rotatable bonds is 39. The van der Waals surface area contributed by atoms with E-state index in [0.29, 0.717) is 13.0 Å². The van der Waals surface area contributed by atoms with Crippen LogP contribution in [0.1, 0.15) is 181 Å². The lowest BCUT2D eigenvalue weighted by Gasteiger charge is -2.20. The summed E-state index contributed by atoms with van der Waals surface area (Å²) in [4.78, 5) is 9.96. The van der Waals surface area contributed by atoms with Crippen molar-refractivity contribution >= 4 is 17.7 Å². The minimum absolute atomic E-state index is 0.0505. The van der Waals surface area contributed by atoms with Gasteiger partial charge in [0, 0.05) is 6.61 Å². The minimum atomic E-state index is -4.56. The van der Waals surface area contributed by atoms with Crippen LogP contribution in [0.25, 0.3) is 0 Å². The summed E-state index contributed by atoms with van der Waals surface area (Å²) in [6.07, 6.45) is 33.0. The molecular formula is C38H77O9PS. The molecule has 49 heavy (non-hydrogen) atoms. The standard InChI is InChI=1S/C38H77O9PS/c1-3-5-7-9-11-13-15-17-19-21-23-25-27-29-31-45-38(35-47-48(41,42)46-34-37(40)33-39)36-49(43,44)32-30-28-26-24-22-20-18-16-14-12-10-8-6-4-2/h13,15,37-40H,3-12,14,16-36H2,1-2H3,(H,41,42)/b15-13+. The summed E-state index contributed by atoms with van der Waals surface area (Å²) in [5.41, 5.74) is 0. The van der Waals surface area contributed by atoms with E-state index < -0.39 is 49.7 Å². The predicted molar refractivity (Wildman–Crippen MR) is 204 cm³/mol. The van der Waals surface area contributed by atoms with E-state index in [0.717, 1.165) is 51.4 Å². The van der Waals surface area contributed by atoms with Gasteiger partial charge in [-0.1, -0.05) is 154 Å². The number of ether oxygens (including phenoxy) is 1. The van der Waals surface area contributed by atoms with E-state index in [9.17, 15) is 23.0 Å². The molecule has 0 aromatic carbocycles. The average Bonchev–Trinajstić information content (AvgIpc) is 3.07. The first-order chi connectivity index (χ1) is 23.7. The molecule has 0 radical (unpaired) electrons. The Morgan fingerprint density at radius 1 is 0.612 bits per heavy atom. The van der Waals surface area contributed by atoms with Crippen molar-refractivity contribution in [3.05, 3.63) is 12.2 Å². The van der Waals surface area contributed by atoms with Crippen molar-refractivity contribution in [1.29, 1.82) is 0 Å². The zero-order valence-corrected chi connectivity index (χ0v) is 33.3. The fourth-order valence-electron chi connectivity index (χ4n) is 5.72. The molecule has 0 spiro atoms. The quantitative estimate of drug-likeness (QED) is 0.0319. The van der Waals surface area contributed by atoms with Gasteiger partial charge in [0.2, 0.25) is 0 Å². The maximum Gasteiger partial charge on any atom is 0.472 e. The molecule has 0 saturated heterocycles. The van der Waals surface area contributed by atoms with Crippen LogP contribution in [0, 0.1) is 0 Å². The molecule has 0 rings (SSSR count). The van der Waals surface area contributed by atoms with Gasteiger partial charge < -0.3 is 19.8 Å². The molecule has 0 heterocycles. The minimum Gasteiger partial charge on any atom is -0.394 e. The number of phosphoric acid groups is 1. The summed E-state index contributed by atoms with van der Waals surface area (Å²) in [5.74, 6) is -0.244. The molecule has 11 heteroatoms. The van der Waals surface area contributed by atoms with Crippen LogP contribution >= 0.6 is 7.82 Å². The van der Waals surface area contributed by atoms with Crippen LogP contribution in [0.4, 0.5) is 0 Å². The van der Waals surface area contributed by atoms with Gasteiger partial charge in [-0.15, -0.1) is 0 Å². The molecule has 0 aliphatic rings. The highest BCUT2D eigenvalue weighted by Gasteiger charge is 2.27. The first kappa shape index (κ1) is 48.7. The zero-order chi connectivity index (χ0) is 36.3. The number of aliphatic hydroxyl groups is 2. The second-order valence-electron chi connectivity index (χ2n) is 13.8. The highest BCUT2D eigenvalue weighted by atomic mass is 32.2. The molecule has 0 bridgehead atoms. The van der Waals surface area contributed by atoms with Gasteiger partial charge >= 0.3 is 7.82 Å². The Hall–Kier alpha value is -0.320. The molecule has 0 aliphatic carbocycles. The molecule has 3 atom stereocenters. The fourth-order valence-corrected chi connectivity index (χ4v) is 8.08. The van der Waals surface area contributed by atoms with Gasteiger partial charge in [0.05, 0.1) is 37.4 Å². The Kier molecular flexibility index (Phi) is 34.5. The van der Waals surface area contributed by atoms with Crippen LogP contribution in [0.5, 0.6) is 0 Å². The number of allylic oxidation sites excluding steroid dienone is 2. The second kappa shape index (κ2) is 34.7. The van der Waals surface area contributed by atoms with E-state index >= 15 is 0 Å². The van der Waals surface area contributed by atoms with E-state index in [2.05, 4.69) is 26.0 Å². The Balaban J connectivity index is 4.36. The summed E-state index contributed by atoms with van der Waals surface area (Å²) < 4.78 is 53.7. The average molecular weight is 741 g/mol. The highest BCUT2D eigenvalue weighted by molar-refractivity contribution is 7.91. The third-order valence-corrected chi connectivity index (χ3v) is 11.6. The third kappa shape index (κ3) is 35.9. The molecule has 0 aromatic heterocycles. The van der Waals surface area contributed by atoms with Crippen LogP contribution in [-0.4, -0.2) is 73.7 Å². The van der Waals surface area contributed by atoms with E-state index in [1.165, 1.54) is 109 Å². The van der Waals surface area contributed by atoms with Gasteiger partial charge in [0.15, 0.2) is 9.84 Å². The summed E-state index contributed by atoms with van der Waals surface area (Å²) >= 11 is 0. The van der Waals surface area contributed by atoms with Crippen molar-refractivity contribution in [3.8, 4) is 0 Å². The van der Waals surface area contributed by atoms with E-state index in [4.69, 9.17) is 18.9 Å². The third-order valence-electron chi connectivity index (χ3n) is 8.82. The first-order valence-electron chi connectivity index (χ1n) is 20.0. The topological polar surface area (TPSA) is 140 Å². The monoisotopic (exact) mass is 741 g/mol. The van der Waals surface area contributed by atoms with Gasteiger partial charge in [-0.3, -0.25) is 9.05 Å². The molecule has 3 unspecified atom stereocenters. The number of aliphatic hydroxyl groups excluding tert-OH is 2. The molecule has 0 amide bonds. The van der Waals surface area contributed by atoms with Crippen LogP contribution in [0.3, 0.4) is 0 Å². The van der Waals surface area contributed by atoms with Crippen molar-refractivity contribution in [2.45, 2.75) is 193 Å². The van der Waals surface area contributed by atoms with Gasteiger partial charge in [-0.25, -0.2) is 13.0 Å². The van der Waals surface area contributed by atoms with E-state index in [1.807, 2.05) is 0 Å². The lowest BCUT2D eigenvalue weighted by molar-refractivity contribution is 0.00749. The number of sulfone groups is 1. The Morgan fingerprint density at radius 2 is 1.02 bits per heavy atom. The van der Waals surface area contributed by atoms with Crippen molar-refractivity contribution in [1.82, 2.24) is 0 Å². The van der Waals surface area contributed by atoms with Crippen LogP contribution in [0.15, 0.2) is 12.2 Å². The molecular weight excluding hydrogens is 663 g/mol. The van der Waals surface area contributed by atoms with Gasteiger partial charge in [-0.05, 0) is 38.5 Å².